The molecule has 0 aliphatic heterocycles. The minimum atomic E-state index is -4.84. The van der Waals surface area contributed by atoms with Crippen molar-refractivity contribution >= 4 is 5.97 Å². The summed E-state index contributed by atoms with van der Waals surface area (Å²) in [4.78, 5) is 24.5. The highest BCUT2D eigenvalue weighted by molar-refractivity contribution is 5.75. The minimum Gasteiger partial charge on any atom is -0.480 e. The zero-order chi connectivity index (χ0) is 27.5. The van der Waals surface area contributed by atoms with Crippen LogP contribution in [0.25, 0.3) is 0 Å². The average Bonchev–Trinajstić information content (AvgIpc) is 3.20. The monoisotopic (exact) mass is 537 g/mol. The Labute approximate surface area is 217 Å². The van der Waals surface area contributed by atoms with Crippen molar-refractivity contribution in [1.82, 2.24) is 9.89 Å². The Hall–Kier alpha value is -3.96. The molecule has 0 fully saturated rings. The van der Waals surface area contributed by atoms with Gasteiger partial charge in [0.05, 0.1) is 0 Å². The van der Waals surface area contributed by atoms with Gasteiger partial charge in [0.25, 0.3) is 0 Å². The predicted octanol–water partition coefficient (Wildman–Crippen LogP) is 5.67. The van der Waals surface area contributed by atoms with Gasteiger partial charge in [-0.3, -0.25) is 5.43 Å². The number of aromatic nitrogens is 2. The summed E-state index contributed by atoms with van der Waals surface area (Å²) in [7, 11) is 0. The van der Waals surface area contributed by atoms with Crippen molar-refractivity contribution in [3.05, 3.63) is 70.2 Å². The van der Waals surface area contributed by atoms with E-state index in [1.807, 2.05) is 12.1 Å². The summed E-state index contributed by atoms with van der Waals surface area (Å²) in [6, 6.07) is 10.6. The summed E-state index contributed by atoms with van der Waals surface area (Å²) in [5, 5.41) is 13.4. The van der Waals surface area contributed by atoms with Gasteiger partial charge in [0.1, 0.15) is 17.5 Å². The van der Waals surface area contributed by atoms with Crippen LogP contribution in [0.2, 0.25) is 0 Å². The van der Waals surface area contributed by atoms with E-state index in [1.165, 1.54) is 44.2 Å². The number of unbranched alkanes of at least 4 members (excludes halogenated alkanes) is 5. The van der Waals surface area contributed by atoms with Crippen LogP contribution in [0, 0.1) is 0 Å². The van der Waals surface area contributed by atoms with E-state index in [0.717, 1.165) is 30.5 Å². The molecule has 206 valence electrons. The number of alkyl halides is 3. The molecule has 1 heterocycles. The van der Waals surface area contributed by atoms with Crippen molar-refractivity contribution in [2.24, 2.45) is 0 Å². The lowest BCUT2D eigenvalue weighted by Gasteiger charge is -2.14. The zero-order valence-electron chi connectivity index (χ0n) is 20.9. The van der Waals surface area contributed by atoms with Gasteiger partial charge in [0.2, 0.25) is 0 Å². The van der Waals surface area contributed by atoms with Gasteiger partial charge >= 0.3 is 24.2 Å². The maximum Gasteiger partial charge on any atom is 0.573 e. The van der Waals surface area contributed by atoms with Gasteiger partial charge in [-0.15, -0.1) is 13.2 Å². The highest BCUT2D eigenvalue weighted by Gasteiger charge is 2.31. The van der Waals surface area contributed by atoms with E-state index in [4.69, 9.17) is 9.15 Å². The first kappa shape index (κ1) is 28.6. The number of hydrogen-bond donors (Lipinski definition) is 2. The lowest BCUT2D eigenvalue weighted by atomic mass is 10.1. The van der Waals surface area contributed by atoms with E-state index < -0.39 is 29.9 Å². The first-order valence-electron chi connectivity index (χ1n) is 12.3. The molecule has 0 saturated carbocycles. The molecule has 2 aromatic carbocycles. The number of hydrogen-bond acceptors (Lipinski definition) is 7. The molecule has 0 spiro atoms. The Morgan fingerprint density at radius 2 is 1.61 bits per heavy atom. The molecule has 3 rings (SSSR count). The van der Waals surface area contributed by atoms with E-state index in [9.17, 15) is 27.9 Å². The van der Waals surface area contributed by atoms with Gasteiger partial charge in [0.15, 0.2) is 0 Å². The van der Waals surface area contributed by atoms with Gasteiger partial charge in [-0.05, 0) is 48.2 Å². The van der Waals surface area contributed by atoms with Crippen molar-refractivity contribution in [2.45, 2.75) is 70.7 Å². The Morgan fingerprint density at radius 3 is 2.24 bits per heavy atom. The van der Waals surface area contributed by atoms with Gasteiger partial charge < -0.3 is 19.0 Å². The smallest absolute Gasteiger partial charge is 0.480 e. The van der Waals surface area contributed by atoms with Crippen LogP contribution in [0.15, 0.2) is 57.7 Å². The minimum absolute atomic E-state index is 0.169. The van der Waals surface area contributed by atoms with E-state index in [1.54, 1.807) is 12.1 Å². The lowest BCUT2D eigenvalue weighted by Crippen LogP contribution is -2.41. The first-order valence-corrected chi connectivity index (χ1v) is 12.3. The van der Waals surface area contributed by atoms with Crippen molar-refractivity contribution in [1.29, 1.82) is 0 Å². The third kappa shape index (κ3) is 9.49. The van der Waals surface area contributed by atoms with E-state index in [0.29, 0.717) is 16.1 Å². The molecule has 38 heavy (non-hydrogen) atoms. The predicted molar refractivity (Wildman–Crippen MR) is 132 cm³/mol. The summed E-state index contributed by atoms with van der Waals surface area (Å²) in [5.41, 5.74) is 3.95. The number of rotatable bonds is 15. The fourth-order valence-corrected chi connectivity index (χ4v) is 3.72. The number of ether oxygens (including phenoxy) is 2. The second kappa shape index (κ2) is 13.5. The van der Waals surface area contributed by atoms with Crippen molar-refractivity contribution in [3.8, 4) is 17.6 Å². The molecule has 3 aromatic rings. The Morgan fingerprint density at radius 1 is 1.00 bits per heavy atom. The maximum absolute atomic E-state index is 12.3. The topological polar surface area (TPSA) is 116 Å². The number of halogens is 3. The van der Waals surface area contributed by atoms with Crippen LogP contribution in [0.5, 0.6) is 17.6 Å². The van der Waals surface area contributed by atoms with Crippen molar-refractivity contribution < 1.29 is 37.0 Å². The SMILES string of the molecule is CCCCCCCCc1ccc(Oc2nn(N[C@@H](Cc3ccc(OC(F)(F)F)cc3)C(=O)O)c(=O)o2)cc1. The molecule has 12 heteroatoms. The van der Waals surface area contributed by atoms with Gasteiger partial charge in [0, 0.05) is 6.42 Å². The van der Waals surface area contributed by atoms with Crippen molar-refractivity contribution in [3.63, 3.8) is 0 Å². The standard InChI is InChI=1S/C26H30F3N3O6/c1-2-3-4-5-6-7-8-18-9-13-20(14-10-18)36-24-31-32(25(35)37-24)30-22(23(33)34)17-19-11-15-21(16-12-19)38-26(27,28)29/h9-16,22,30H,2-8,17H2,1H3,(H,33,34)/t22-/m0/s1. The summed E-state index contributed by atoms with van der Waals surface area (Å²) >= 11 is 0. The molecule has 0 aliphatic carbocycles. The number of nitrogens with zero attached hydrogens (tertiary/aromatic N) is 2. The number of carboxylic acid groups (broad SMARTS) is 1. The molecule has 1 atom stereocenters. The van der Waals surface area contributed by atoms with Crippen molar-refractivity contribution in [2.75, 3.05) is 5.43 Å². The molecule has 0 unspecified atom stereocenters. The molecule has 0 amide bonds. The Kier molecular flexibility index (Phi) is 10.2. The molecule has 9 nitrogen and oxygen atoms in total. The highest BCUT2D eigenvalue weighted by Crippen LogP contribution is 2.23. The van der Waals surface area contributed by atoms with Crippen LogP contribution >= 0.6 is 0 Å². The summed E-state index contributed by atoms with van der Waals surface area (Å²) in [5.74, 6) is -2.37. The Balaban J connectivity index is 1.55. The maximum atomic E-state index is 12.3. The fraction of sp³-hybridized carbons (Fsp3) is 0.423. The van der Waals surface area contributed by atoms with Gasteiger partial charge in [-0.25, -0.2) is 9.59 Å². The van der Waals surface area contributed by atoms with Crippen LogP contribution in [-0.4, -0.2) is 33.4 Å². The fourth-order valence-electron chi connectivity index (χ4n) is 3.72. The highest BCUT2D eigenvalue weighted by atomic mass is 19.4. The first-order chi connectivity index (χ1) is 18.1. The quantitative estimate of drug-likeness (QED) is 0.238. The molecule has 0 aliphatic rings. The summed E-state index contributed by atoms with van der Waals surface area (Å²) in [6.45, 7) is 2.19. The van der Waals surface area contributed by atoms with Gasteiger partial charge in [-0.1, -0.05) is 73.2 Å². The van der Waals surface area contributed by atoms with E-state index >= 15 is 0 Å². The van der Waals surface area contributed by atoms with Crippen LogP contribution in [0.4, 0.5) is 13.2 Å². The molecule has 2 N–H and O–H groups in total. The summed E-state index contributed by atoms with van der Waals surface area (Å²) < 4.78 is 51.2. The van der Waals surface area contributed by atoms with Crippen LogP contribution < -0.4 is 20.7 Å². The zero-order valence-corrected chi connectivity index (χ0v) is 20.9. The molecule has 0 saturated heterocycles. The average molecular weight is 538 g/mol. The van der Waals surface area contributed by atoms with E-state index in [-0.39, 0.29) is 12.5 Å². The second-order valence-corrected chi connectivity index (χ2v) is 8.73. The third-order valence-corrected chi connectivity index (χ3v) is 5.65. The van der Waals surface area contributed by atoms with Crippen LogP contribution in [0.1, 0.15) is 56.6 Å². The Bertz CT molecular complexity index is 1210. The largest absolute Gasteiger partial charge is 0.573 e. The van der Waals surface area contributed by atoms with Crippen LogP contribution in [0.3, 0.4) is 0 Å². The van der Waals surface area contributed by atoms with Gasteiger partial charge in [-0.2, -0.15) is 0 Å². The van der Waals surface area contributed by atoms with E-state index in [2.05, 4.69) is 22.2 Å². The van der Waals surface area contributed by atoms with Crippen LogP contribution in [-0.2, 0) is 17.6 Å². The number of benzene rings is 2. The second-order valence-electron chi connectivity index (χ2n) is 8.73. The number of carbonyl (C=O) groups is 1. The third-order valence-electron chi connectivity index (χ3n) is 5.65. The summed E-state index contributed by atoms with van der Waals surface area (Å²) in [6.07, 6.45) is 2.83. The number of carboxylic acids is 1. The molecular formula is C26H30F3N3O6. The molecular weight excluding hydrogens is 507 g/mol. The lowest BCUT2D eigenvalue weighted by molar-refractivity contribution is -0.274. The molecule has 0 radical (unpaired) electrons. The molecule has 1 aromatic heterocycles. The number of aliphatic carboxylic acids is 1. The molecule has 0 bridgehead atoms. The number of aryl methyl sites for hydroxylation is 1. The number of nitrogens with one attached hydrogen (secondary N) is 1. The normalized spacial score (nSPS) is 12.2.